The number of aromatic nitrogens is 2. The average molecular weight is 493 g/mol. The van der Waals surface area contributed by atoms with Gasteiger partial charge in [-0.05, 0) is 57.2 Å². The molecule has 2 aliphatic rings. The molecule has 2 unspecified atom stereocenters. The monoisotopic (exact) mass is 492 g/mol. The molecule has 4 rings (SSSR count). The summed E-state index contributed by atoms with van der Waals surface area (Å²) in [6, 6.07) is 4.45. The summed E-state index contributed by atoms with van der Waals surface area (Å²) in [6.45, 7) is 3.20. The molecule has 0 spiro atoms. The molecule has 1 aliphatic carbocycles. The van der Waals surface area contributed by atoms with Gasteiger partial charge in [0, 0.05) is 43.8 Å². The molecule has 2 fully saturated rings. The first-order chi connectivity index (χ1) is 16.6. The highest BCUT2D eigenvalue weighted by molar-refractivity contribution is 5.95. The maximum atomic E-state index is 13.2. The quantitative estimate of drug-likeness (QED) is 0.649. The Bertz CT molecular complexity index is 1060. The predicted octanol–water partition coefficient (Wildman–Crippen LogP) is 4.83. The van der Waals surface area contributed by atoms with E-state index < -0.39 is 17.6 Å². The van der Waals surface area contributed by atoms with Gasteiger partial charge in [-0.1, -0.05) is 12.5 Å². The molecule has 35 heavy (non-hydrogen) atoms. The number of hydrogen-bond donors (Lipinski definition) is 1. The van der Waals surface area contributed by atoms with Gasteiger partial charge in [-0.25, -0.2) is 4.98 Å². The van der Waals surface area contributed by atoms with Crippen LogP contribution in [0.25, 0.3) is 0 Å². The van der Waals surface area contributed by atoms with Crippen molar-refractivity contribution in [1.82, 2.24) is 14.5 Å². The summed E-state index contributed by atoms with van der Waals surface area (Å²) in [4.78, 5) is 32.0. The molecule has 1 saturated carbocycles. The molecule has 2 amide bonds. The second-order valence-electron chi connectivity index (χ2n) is 9.43. The van der Waals surface area contributed by atoms with E-state index in [2.05, 4.69) is 10.3 Å². The van der Waals surface area contributed by atoms with Crippen LogP contribution in [0.5, 0.6) is 0 Å². The molecule has 2 aromatic rings. The Morgan fingerprint density at radius 2 is 1.91 bits per heavy atom. The van der Waals surface area contributed by atoms with Gasteiger partial charge in [0.15, 0.2) is 0 Å². The average Bonchev–Trinajstić information content (AvgIpc) is 3.23. The number of halogens is 3. The van der Waals surface area contributed by atoms with Crippen LogP contribution in [0.4, 0.5) is 19.0 Å². The minimum atomic E-state index is -4.52. The van der Waals surface area contributed by atoms with Crippen molar-refractivity contribution in [3.8, 4) is 0 Å². The normalized spacial score (nSPS) is 21.5. The fourth-order valence-electron chi connectivity index (χ4n) is 5.02. The molecule has 1 aromatic heterocycles. The minimum Gasteiger partial charge on any atom is -0.381 e. The number of ether oxygens (including phenoxy) is 1. The number of rotatable bonds is 5. The molecular formula is C25H31F3N4O3. The van der Waals surface area contributed by atoms with E-state index in [1.807, 2.05) is 11.5 Å². The van der Waals surface area contributed by atoms with Crippen LogP contribution in [0.1, 0.15) is 66.2 Å². The van der Waals surface area contributed by atoms with Gasteiger partial charge in [0.05, 0.1) is 17.6 Å². The lowest BCUT2D eigenvalue weighted by atomic mass is 9.84. The molecule has 1 aromatic carbocycles. The number of alkyl halides is 3. The lowest BCUT2D eigenvalue weighted by Gasteiger charge is -2.35. The molecule has 2 atom stereocenters. The Kier molecular flexibility index (Phi) is 7.49. The number of nitrogens with zero attached hydrogens (tertiary/aromatic N) is 3. The van der Waals surface area contributed by atoms with Crippen molar-refractivity contribution >= 4 is 17.6 Å². The number of imidazole rings is 1. The molecule has 190 valence electrons. The molecule has 1 N–H and O–H groups in total. The zero-order chi connectivity index (χ0) is 25.2. The maximum Gasteiger partial charge on any atom is 0.416 e. The minimum absolute atomic E-state index is 0.00936. The number of amides is 2. The Hall–Kier alpha value is -2.88. The largest absolute Gasteiger partial charge is 0.416 e. The molecule has 2 heterocycles. The van der Waals surface area contributed by atoms with Crippen molar-refractivity contribution in [1.29, 1.82) is 0 Å². The van der Waals surface area contributed by atoms with Crippen LogP contribution in [0.3, 0.4) is 0 Å². The third-order valence-electron chi connectivity index (χ3n) is 7.12. The molecule has 0 bridgehead atoms. The van der Waals surface area contributed by atoms with Crippen LogP contribution in [0.15, 0.2) is 30.6 Å². The van der Waals surface area contributed by atoms with Gasteiger partial charge in [0.2, 0.25) is 5.91 Å². The van der Waals surface area contributed by atoms with Gasteiger partial charge >= 0.3 is 6.18 Å². The Morgan fingerprint density at radius 3 is 2.63 bits per heavy atom. The number of carbonyl (C=O) groups is 2. The van der Waals surface area contributed by atoms with Crippen molar-refractivity contribution in [2.75, 3.05) is 25.6 Å². The molecule has 1 saturated heterocycles. The van der Waals surface area contributed by atoms with E-state index >= 15 is 0 Å². The maximum absolute atomic E-state index is 13.2. The lowest BCUT2D eigenvalue weighted by Crippen LogP contribution is -2.42. The van der Waals surface area contributed by atoms with Crippen LogP contribution in [0, 0.1) is 12.8 Å². The van der Waals surface area contributed by atoms with Crippen molar-refractivity contribution in [3.63, 3.8) is 0 Å². The summed E-state index contributed by atoms with van der Waals surface area (Å²) >= 11 is 0. The molecular weight excluding hydrogens is 461 g/mol. The van der Waals surface area contributed by atoms with E-state index in [1.165, 1.54) is 17.0 Å². The van der Waals surface area contributed by atoms with Crippen molar-refractivity contribution in [2.24, 2.45) is 5.92 Å². The first-order valence-corrected chi connectivity index (χ1v) is 12.0. The van der Waals surface area contributed by atoms with E-state index in [-0.39, 0.29) is 29.5 Å². The van der Waals surface area contributed by atoms with E-state index in [9.17, 15) is 22.8 Å². The number of anilines is 1. The van der Waals surface area contributed by atoms with Crippen LogP contribution in [0.2, 0.25) is 0 Å². The SMILES string of the molecule is Cc1ncn(C2CCOCC2)c1NC(=O)C1CCCC(N(C)C(=O)c2cccc(C(F)(F)F)c2)C1. The summed E-state index contributed by atoms with van der Waals surface area (Å²) in [5, 5.41) is 3.06. The third kappa shape index (κ3) is 5.69. The molecule has 7 nitrogen and oxygen atoms in total. The molecule has 10 heteroatoms. The number of aryl methyl sites for hydroxylation is 1. The highest BCUT2D eigenvalue weighted by Gasteiger charge is 2.34. The second kappa shape index (κ2) is 10.4. The van der Waals surface area contributed by atoms with Gasteiger partial charge in [0.1, 0.15) is 5.82 Å². The Labute approximate surface area is 202 Å². The zero-order valence-electron chi connectivity index (χ0n) is 20.0. The molecule has 0 radical (unpaired) electrons. The van der Waals surface area contributed by atoms with Gasteiger partial charge in [-0.15, -0.1) is 0 Å². The van der Waals surface area contributed by atoms with Gasteiger partial charge in [0.25, 0.3) is 5.91 Å². The fraction of sp³-hybridized carbons (Fsp3) is 0.560. The van der Waals surface area contributed by atoms with Gasteiger partial charge < -0.3 is 19.5 Å². The van der Waals surface area contributed by atoms with Crippen LogP contribution < -0.4 is 5.32 Å². The van der Waals surface area contributed by atoms with Gasteiger partial charge in [-0.2, -0.15) is 13.2 Å². The Morgan fingerprint density at radius 1 is 1.17 bits per heavy atom. The predicted molar refractivity (Wildman–Crippen MR) is 124 cm³/mol. The number of benzene rings is 1. The zero-order valence-corrected chi connectivity index (χ0v) is 20.0. The summed E-state index contributed by atoms with van der Waals surface area (Å²) in [5.74, 6) is -0.206. The van der Waals surface area contributed by atoms with E-state index in [0.717, 1.165) is 37.1 Å². The van der Waals surface area contributed by atoms with Crippen LogP contribution in [-0.4, -0.2) is 52.6 Å². The first kappa shape index (κ1) is 25.2. The van der Waals surface area contributed by atoms with E-state index in [4.69, 9.17) is 4.74 Å². The third-order valence-corrected chi connectivity index (χ3v) is 7.12. The summed E-state index contributed by atoms with van der Waals surface area (Å²) < 4.78 is 46.7. The summed E-state index contributed by atoms with van der Waals surface area (Å²) in [6.07, 6.45) is 1.55. The summed E-state index contributed by atoms with van der Waals surface area (Å²) in [5.41, 5.74) is -0.118. The number of carbonyl (C=O) groups excluding carboxylic acids is 2. The highest BCUT2D eigenvalue weighted by atomic mass is 19.4. The first-order valence-electron chi connectivity index (χ1n) is 12.0. The highest BCUT2D eigenvalue weighted by Crippen LogP contribution is 2.33. The standard InChI is InChI=1S/C25H31F3N4O3/c1-16-22(32(15-29-16)20-9-11-35-12-10-20)30-23(33)17-5-4-8-21(14-17)31(2)24(34)18-6-3-7-19(13-18)25(26,27)28/h3,6-7,13,15,17,20-21H,4-5,8-12,14H2,1-2H3,(H,30,33). The fourth-order valence-corrected chi connectivity index (χ4v) is 5.02. The summed E-state index contributed by atoms with van der Waals surface area (Å²) in [7, 11) is 1.60. The van der Waals surface area contributed by atoms with Crippen LogP contribution >= 0.6 is 0 Å². The topological polar surface area (TPSA) is 76.5 Å². The van der Waals surface area contributed by atoms with E-state index in [1.54, 1.807) is 13.4 Å². The smallest absolute Gasteiger partial charge is 0.381 e. The van der Waals surface area contributed by atoms with Gasteiger partial charge in [-0.3, -0.25) is 9.59 Å². The van der Waals surface area contributed by atoms with Crippen LogP contribution in [-0.2, 0) is 15.7 Å². The lowest BCUT2D eigenvalue weighted by molar-refractivity contribution is -0.137. The Balaban J connectivity index is 1.42. The second-order valence-corrected chi connectivity index (χ2v) is 9.43. The number of nitrogens with one attached hydrogen (secondary N) is 1. The van der Waals surface area contributed by atoms with Crippen molar-refractivity contribution in [2.45, 2.75) is 63.7 Å². The number of hydrogen-bond acceptors (Lipinski definition) is 4. The van der Waals surface area contributed by atoms with Crippen molar-refractivity contribution < 1.29 is 27.5 Å². The molecule has 1 aliphatic heterocycles. The van der Waals surface area contributed by atoms with E-state index in [0.29, 0.717) is 38.3 Å². The van der Waals surface area contributed by atoms with Crippen molar-refractivity contribution in [3.05, 3.63) is 47.4 Å².